The highest BCUT2D eigenvalue weighted by Crippen LogP contribution is 2.30. The van der Waals surface area contributed by atoms with Gasteiger partial charge < -0.3 is 10.2 Å². The molecule has 206 valence electrons. The van der Waals surface area contributed by atoms with Crippen LogP contribution in [0.4, 0.5) is 11.4 Å². The Labute approximate surface area is 229 Å². The standard InChI is InChI=1S/C29H35N5O4S/c1-19-8-7-10-25(20(19)2)30-29(36)24-12-15-32(16-13-24)39(37,38)28-21(3)31-34(22(28)4)18-27(35)33-17-14-23-9-5-6-11-26(23)33/h5-11,24H,12-18H2,1-4H3,(H,30,36). The Morgan fingerprint density at radius 3 is 2.44 bits per heavy atom. The number of benzene rings is 2. The van der Waals surface area contributed by atoms with Crippen LogP contribution in [0.25, 0.3) is 0 Å². The molecule has 9 nitrogen and oxygen atoms in total. The van der Waals surface area contributed by atoms with E-state index in [1.807, 2.05) is 56.3 Å². The van der Waals surface area contributed by atoms with Crippen LogP contribution in [0.2, 0.25) is 0 Å². The maximum atomic E-state index is 13.7. The number of sulfonamides is 1. The number of fused-ring (bicyclic) bond motifs is 1. The molecule has 0 atom stereocenters. The molecule has 3 heterocycles. The van der Waals surface area contributed by atoms with Crippen molar-refractivity contribution in [3.8, 4) is 0 Å². The lowest BCUT2D eigenvalue weighted by Crippen LogP contribution is -2.41. The average Bonchev–Trinajstić information content (AvgIpc) is 3.47. The minimum absolute atomic E-state index is 0.0306. The number of para-hydroxylation sites is 1. The molecule has 0 aliphatic carbocycles. The molecule has 0 radical (unpaired) electrons. The SMILES string of the molecule is Cc1cccc(NC(=O)C2CCN(S(=O)(=O)c3c(C)nn(CC(=O)N4CCc5ccccc54)c3C)CC2)c1C. The summed E-state index contributed by atoms with van der Waals surface area (Å²) in [5.74, 6) is -0.463. The van der Waals surface area contributed by atoms with E-state index in [9.17, 15) is 18.0 Å². The van der Waals surface area contributed by atoms with E-state index in [1.165, 1.54) is 8.99 Å². The van der Waals surface area contributed by atoms with Gasteiger partial charge in [-0.05, 0) is 75.8 Å². The molecule has 2 aliphatic rings. The molecule has 2 aliphatic heterocycles. The second-order valence-electron chi connectivity index (χ2n) is 10.5. The van der Waals surface area contributed by atoms with Crippen molar-refractivity contribution >= 4 is 33.2 Å². The van der Waals surface area contributed by atoms with E-state index in [2.05, 4.69) is 10.4 Å². The number of hydrogen-bond donors (Lipinski definition) is 1. The lowest BCUT2D eigenvalue weighted by Gasteiger charge is -2.30. The second-order valence-corrected chi connectivity index (χ2v) is 12.4. The Bertz CT molecular complexity index is 1540. The molecule has 3 aromatic rings. The van der Waals surface area contributed by atoms with Gasteiger partial charge in [0.2, 0.25) is 21.8 Å². The van der Waals surface area contributed by atoms with Crippen LogP contribution >= 0.6 is 0 Å². The first-order valence-electron chi connectivity index (χ1n) is 13.4. The van der Waals surface area contributed by atoms with Crippen molar-refractivity contribution in [3.63, 3.8) is 0 Å². The maximum Gasteiger partial charge on any atom is 0.248 e. The molecule has 0 unspecified atom stereocenters. The highest BCUT2D eigenvalue weighted by molar-refractivity contribution is 7.89. The molecular weight excluding hydrogens is 514 g/mol. The van der Waals surface area contributed by atoms with Gasteiger partial charge in [0.1, 0.15) is 11.4 Å². The Hall–Kier alpha value is -3.50. The predicted octanol–water partition coefficient (Wildman–Crippen LogP) is 3.75. The molecule has 0 bridgehead atoms. The maximum absolute atomic E-state index is 13.7. The van der Waals surface area contributed by atoms with Crippen LogP contribution in [0.3, 0.4) is 0 Å². The zero-order valence-corrected chi connectivity index (χ0v) is 23.7. The largest absolute Gasteiger partial charge is 0.326 e. The second kappa shape index (κ2) is 10.6. The summed E-state index contributed by atoms with van der Waals surface area (Å²) < 4.78 is 30.3. The Morgan fingerprint density at radius 2 is 1.69 bits per heavy atom. The van der Waals surface area contributed by atoms with E-state index in [-0.39, 0.29) is 42.3 Å². The summed E-state index contributed by atoms with van der Waals surface area (Å²) in [5, 5.41) is 7.46. The summed E-state index contributed by atoms with van der Waals surface area (Å²) in [6, 6.07) is 13.6. The van der Waals surface area contributed by atoms with E-state index >= 15 is 0 Å². The third kappa shape index (κ3) is 5.10. The zero-order valence-electron chi connectivity index (χ0n) is 22.9. The number of aryl methyl sites for hydroxylation is 2. The minimum Gasteiger partial charge on any atom is -0.326 e. The Balaban J connectivity index is 1.26. The van der Waals surface area contributed by atoms with E-state index in [0.29, 0.717) is 30.8 Å². The number of nitrogens with one attached hydrogen (secondary N) is 1. The smallest absolute Gasteiger partial charge is 0.248 e. The van der Waals surface area contributed by atoms with Gasteiger partial charge in [0.05, 0.1) is 11.4 Å². The van der Waals surface area contributed by atoms with Crippen LogP contribution in [-0.4, -0.2) is 54.0 Å². The van der Waals surface area contributed by atoms with Gasteiger partial charge in [0, 0.05) is 36.9 Å². The number of piperidine rings is 1. The molecule has 10 heteroatoms. The van der Waals surface area contributed by atoms with Gasteiger partial charge in [-0.3, -0.25) is 14.3 Å². The molecule has 1 saturated heterocycles. The molecule has 5 rings (SSSR count). The lowest BCUT2D eigenvalue weighted by atomic mass is 9.97. The average molecular weight is 550 g/mol. The predicted molar refractivity (Wildman–Crippen MR) is 150 cm³/mol. The summed E-state index contributed by atoms with van der Waals surface area (Å²) in [4.78, 5) is 28.0. The number of carbonyl (C=O) groups excluding carboxylic acids is 2. The summed E-state index contributed by atoms with van der Waals surface area (Å²) in [6.07, 6.45) is 1.68. The van der Waals surface area contributed by atoms with Crippen molar-refractivity contribution in [2.45, 2.75) is 58.4 Å². The van der Waals surface area contributed by atoms with Crippen molar-refractivity contribution in [3.05, 3.63) is 70.5 Å². The first kappa shape index (κ1) is 27.1. The fourth-order valence-electron chi connectivity index (χ4n) is 5.63. The summed E-state index contributed by atoms with van der Waals surface area (Å²) in [5.41, 5.74) is 5.78. The molecule has 2 amide bonds. The van der Waals surface area contributed by atoms with Gasteiger partial charge in [0.25, 0.3) is 0 Å². The van der Waals surface area contributed by atoms with Crippen molar-refractivity contribution < 1.29 is 18.0 Å². The van der Waals surface area contributed by atoms with Gasteiger partial charge in [-0.2, -0.15) is 9.40 Å². The van der Waals surface area contributed by atoms with Crippen molar-refractivity contribution in [2.24, 2.45) is 5.92 Å². The van der Waals surface area contributed by atoms with Gasteiger partial charge >= 0.3 is 0 Å². The third-order valence-corrected chi connectivity index (χ3v) is 10.2. The van der Waals surface area contributed by atoms with Crippen LogP contribution in [0, 0.1) is 33.6 Å². The fourth-order valence-corrected chi connectivity index (χ4v) is 7.47. The van der Waals surface area contributed by atoms with Gasteiger partial charge in [-0.1, -0.05) is 30.3 Å². The normalized spacial score (nSPS) is 16.4. The van der Waals surface area contributed by atoms with E-state index < -0.39 is 10.0 Å². The van der Waals surface area contributed by atoms with Crippen LogP contribution in [0.1, 0.15) is 40.9 Å². The van der Waals surface area contributed by atoms with Gasteiger partial charge in [0.15, 0.2) is 0 Å². The van der Waals surface area contributed by atoms with Crippen molar-refractivity contribution in [1.29, 1.82) is 0 Å². The van der Waals surface area contributed by atoms with Crippen molar-refractivity contribution in [1.82, 2.24) is 14.1 Å². The van der Waals surface area contributed by atoms with Crippen LogP contribution in [-0.2, 0) is 32.6 Å². The van der Waals surface area contributed by atoms with Crippen molar-refractivity contribution in [2.75, 3.05) is 29.9 Å². The first-order valence-corrected chi connectivity index (χ1v) is 14.8. The number of carbonyl (C=O) groups is 2. The number of nitrogens with zero attached hydrogens (tertiary/aromatic N) is 4. The van der Waals surface area contributed by atoms with Gasteiger partial charge in [-0.15, -0.1) is 0 Å². The summed E-state index contributed by atoms with van der Waals surface area (Å²) >= 11 is 0. The molecule has 39 heavy (non-hydrogen) atoms. The fraction of sp³-hybridized carbons (Fsp3) is 0.414. The number of rotatable bonds is 6. The van der Waals surface area contributed by atoms with E-state index in [0.717, 1.165) is 34.5 Å². The lowest BCUT2D eigenvalue weighted by molar-refractivity contribution is -0.121. The summed E-state index contributed by atoms with van der Waals surface area (Å²) in [7, 11) is -3.83. The third-order valence-electron chi connectivity index (χ3n) is 8.07. The van der Waals surface area contributed by atoms with Crippen LogP contribution in [0.5, 0.6) is 0 Å². The van der Waals surface area contributed by atoms with Gasteiger partial charge in [-0.25, -0.2) is 8.42 Å². The van der Waals surface area contributed by atoms with E-state index in [4.69, 9.17) is 0 Å². The Morgan fingerprint density at radius 1 is 0.974 bits per heavy atom. The zero-order chi connectivity index (χ0) is 27.9. The number of anilines is 2. The van der Waals surface area contributed by atoms with Crippen LogP contribution in [0.15, 0.2) is 47.4 Å². The molecule has 1 fully saturated rings. The Kier molecular flexibility index (Phi) is 7.35. The number of amides is 2. The molecule has 0 spiro atoms. The minimum atomic E-state index is -3.83. The highest BCUT2D eigenvalue weighted by atomic mass is 32.2. The number of aromatic nitrogens is 2. The first-order chi connectivity index (χ1) is 18.6. The molecule has 2 aromatic carbocycles. The summed E-state index contributed by atoms with van der Waals surface area (Å²) in [6.45, 7) is 8.41. The molecule has 0 saturated carbocycles. The quantitative estimate of drug-likeness (QED) is 0.504. The van der Waals surface area contributed by atoms with Crippen LogP contribution < -0.4 is 10.2 Å². The van der Waals surface area contributed by atoms with E-state index in [1.54, 1.807) is 18.7 Å². The monoisotopic (exact) mass is 549 g/mol. The topological polar surface area (TPSA) is 105 Å². The molecular formula is C29H35N5O4S. The molecule has 1 N–H and O–H groups in total. The molecule has 1 aromatic heterocycles. The highest BCUT2D eigenvalue weighted by Gasteiger charge is 2.36. The number of hydrogen-bond acceptors (Lipinski definition) is 5.